The van der Waals surface area contributed by atoms with Crippen LogP contribution in [0.15, 0.2) is 48.5 Å². The van der Waals surface area contributed by atoms with Crippen LogP contribution in [0, 0.1) is 0 Å². The lowest BCUT2D eigenvalue weighted by molar-refractivity contribution is 0.0758. The Bertz CT molecular complexity index is 870. The summed E-state index contributed by atoms with van der Waals surface area (Å²) in [6, 6.07) is 15.0. The minimum Gasteiger partial charge on any atom is -0.368 e. The third kappa shape index (κ3) is 6.10. The van der Waals surface area contributed by atoms with E-state index in [0.717, 1.165) is 57.1 Å². The highest BCUT2D eigenvalue weighted by Crippen LogP contribution is 2.65. The topological polar surface area (TPSA) is 47.6 Å². The molecule has 0 spiro atoms. The van der Waals surface area contributed by atoms with Gasteiger partial charge in [0.05, 0.1) is 12.2 Å². The number of nitrogens with one attached hydrogen (secondary N) is 1. The third-order valence-corrected chi connectivity index (χ3v) is 9.23. The summed E-state index contributed by atoms with van der Waals surface area (Å²) in [6.45, 7) is 0. The van der Waals surface area contributed by atoms with Crippen molar-refractivity contribution in [2.75, 3.05) is 5.32 Å². The number of halogens is 2. The van der Waals surface area contributed by atoms with Crippen LogP contribution in [-0.2, 0) is 13.6 Å². The van der Waals surface area contributed by atoms with Crippen molar-refractivity contribution in [2.24, 2.45) is 0 Å². The normalized spacial score (nSPS) is 19.6. The summed E-state index contributed by atoms with van der Waals surface area (Å²) >= 11 is 13.3. The molecule has 2 aromatic rings. The summed E-state index contributed by atoms with van der Waals surface area (Å²) in [4.78, 5) is 0. The first-order valence-electron chi connectivity index (χ1n) is 11.8. The highest BCUT2D eigenvalue weighted by Gasteiger charge is 2.44. The monoisotopic (exact) mass is 495 g/mol. The van der Waals surface area contributed by atoms with E-state index in [1.807, 2.05) is 30.3 Å². The van der Waals surface area contributed by atoms with Gasteiger partial charge in [0.15, 0.2) is 5.78 Å². The standard InChI is InChI=1S/C25H32Cl2NO3P/c26-22-17-10-18-23(27)24(22)25(28-19-11-4-1-5-12-19)32(29,30-20-13-6-2-7-14-20)31-21-15-8-3-9-16-21/h1,4-5,10-12,17-18,20-21,25,28H,2-3,6-9,13-16H2/t25-/m0/s1. The Morgan fingerprint density at radius 2 is 1.25 bits per heavy atom. The van der Waals surface area contributed by atoms with E-state index in [4.69, 9.17) is 32.2 Å². The molecule has 0 aromatic heterocycles. The quantitative estimate of drug-likeness (QED) is 0.371. The van der Waals surface area contributed by atoms with Crippen molar-refractivity contribution in [2.45, 2.75) is 82.2 Å². The molecule has 0 amide bonds. The lowest BCUT2D eigenvalue weighted by Gasteiger charge is -2.36. The summed E-state index contributed by atoms with van der Waals surface area (Å²) in [5.74, 6) is -0.796. The van der Waals surface area contributed by atoms with E-state index in [9.17, 15) is 4.57 Å². The SMILES string of the molecule is O=P(OC1CCCCC1)(OC1CCCCC1)[C@H](Nc1ccccc1)c1c(Cl)cccc1Cl. The number of benzene rings is 2. The molecule has 4 rings (SSSR count). The van der Waals surface area contributed by atoms with E-state index >= 15 is 0 Å². The van der Waals surface area contributed by atoms with E-state index in [0.29, 0.717) is 15.6 Å². The van der Waals surface area contributed by atoms with Crippen LogP contribution in [0.4, 0.5) is 5.69 Å². The van der Waals surface area contributed by atoms with Crippen molar-refractivity contribution in [1.29, 1.82) is 0 Å². The lowest BCUT2D eigenvalue weighted by Crippen LogP contribution is -2.25. The van der Waals surface area contributed by atoms with Crippen LogP contribution in [0.25, 0.3) is 0 Å². The predicted molar refractivity (Wildman–Crippen MR) is 133 cm³/mol. The number of rotatable bonds is 8. The fraction of sp³-hybridized carbons (Fsp3) is 0.520. The molecule has 1 N–H and O–H groups in total. The number of para-hydroxylation sites is 1. The maximum Gasteiger partial charge on any atom is 0.357 e. The summed E-state index contributed by atoms with van der Waals surface area (Å²) in [6.07, 6.45) is 10.1. The van der Waals surface area contributed by atoms with Gasteiger partial charge in [-0.1, -0.05) is 86.0 Å². The Morgan fingerprint density at radius 1 is 0.750 bits per heavy atom. The second-order valence-electron chi connectivity index (χ2n) is 8.82. The molecule has 7 heteroatoms. The Labute approximate surface area is 201 Å². The summed E-state index contributed by atoms with van der Waals surface area (Å²) in [7, 11) is -3.69. The van der Waals surface area contributed by atoms with Crippen LogP contribution < -0.4 is 5.32 Å². The van der Waals surface area contributed by atoms with Crippen molar-refractivity contribution < 1.29 is 13.6 Å². The van der Waals surface area contributed by atoms with Crippen LogP contribution in [-0.4, -0.2) is 12.2 Å². The molecule has 2 fully saturated rings. The maximum atomic E-state index is 14.7. The van der Waals surface area contributed by atoms with Crippen LogP contribution >= 0.6 is 30.8 Å². The third-order valence-electron chi connectivity index (χ3n) is 6.36. The van der Waals surface area contributed by atoms with E-state index < -0.39 is 13.4 Å². The molecule has 2 saturated carbocycles. The number of anilines is 1. The minimum absolute atomic E-state index is 0.0838. The van der Waals surface area contributed by atoms with Gasteiger partial charge in [-0.2, -0.15) is 0 Å². The maximum absolute atomic E-state index is 14.7. The van der Waals surface area contributed by atoms with Crippen LogP contribution in [0.2, 0.25) is 10.0 Å². The largest absolute Gasteiger partial charge is 0.368 e. The highest BCUT2D eigenvalue weighted by molar-refractivity contribution is 7.54. The summed E-state index contributed by atoms with van der Waals surface area (Å²) < 4.78 is 27.6. The van der Waals surface area contributed by atoms with E-state index in [2.05, 4.69) is 5.32 Å². The van der Waals surface area contributed by atoms with Crippen molar-refractivity contribution >= 4 is 36.5 Å². The van der Waals surface area contributed by atoms with Crippen molar-refractivity contribution in [3.8, 4) is 0 Å². The minimum atomic E-state index is -3.69. The average Bonchev–Trinajstić information content (AvgIpc) is 2.80. The van der Waals surface area contributed by atoms with Gasteiger partial charge in [-0.3, -0.25) is 4.57 Å². The van der Waals surface area contributed by atoms with Gasteiger partial charge in [-0.25, -0.2) is 0 Å². The molecule has 174 valence electrons. The molecule has 32 heavy (non-hydrogen) atoms. The molecule has 4 nitrogen and oxygen atoms in total. The van der Waals surface area contributed by atoms with Gasteiger partial charge in [0.25, 0.3) is 0 Å². The molecular formula is C25H32Cl2NO3P. The average molecular weight is 496 g/mol. The van der Waals surface area contributed by atoms with Gasteiger partial charge >= 0.3 is 7.60 Å². The molecule has 0 heterocycles. The van der Waals surface area contributed by atoms with Gasteiger partial charge in [0, 0.05) is 21.3 Å². The lowest BCUT2D eigenvalue weighted by atomic mass is 9.98. The first-order valence-corrected chi connectivity index (χ1v) is 14.1. The first kappa shape index (κ1) is 24.1. The second-order valence-corrected chi connectivity index (χ2v) is 11.7. The molecule has 1 atom stereocenters. The van der Waals surface area contributed by atoms with Gasteiger partial charge in [0.2, 0.25) is 0 Å². The fourth-order valence-corrected chi connectivity index (χ4v) is 7.89. The van der Waals surface area contributed by atoms with Gasteiger partial charge < -0.3 is 14.4 Å². The zero-order chi connectivity index (χ0) is 22.4. The molecule has 2 aliphatic carbocycles. The van der Waals surface area contributed by atoms with Crippen LogP contribution in [0.5, 0.6) is 0 Å². The van der Waals surface area contributed by atoms with Crippen molar-refractivity contribution in [3.63, 3.8) is 0 Å². The molecular weight excluding hydrogens is 464 g/mol. The summed E-state index contributed by atoms with van der Waals surface area (Å²) in [5, 5.41) is 4.31. The van der Waals surface area contributed by atoms with E-state index in [1.54, 1.807) is 18.2 Å². The van der Waals surface area contributed by atoms with Gasteiger partial charge in [-0.15, -0.1) is 0 Å². The van der Waals surface area contributed by atoms with Gasteiger partial charge in [-0.05, 0) is 49.9 Å². The Hall–Kier alpha value is -1.03. The highest BCUT2D eigenvalue weighted by atomic mass is 35.5. The smallest absolute Gasteiger partial charge is 0.357 e. The molecule has 2 aromatic carbocycles. The molecule has 0 unspecified atom stereocenters. The molecule has 2 aliphatic rings. The number of hydrogen-bond acceptors (Lipinski definition) is 4. The van der Waals surface area contributed by atoms with E-state index in [1.165, 1.54) is 12.8 Å². The fourth-order valence-electron chi connectivity index (χ4n) is 4.68. The number of hydrogen-bond donors (Lipinski definition) is 1. The van der Waals surface area contributed by atoms with Crippen molar-refractivity contribution in [1.82, 2.24) is 0 Å². The molecule has 0 aliphatic heterocycles. The summed E-state index contributed by atoms with van der Waals surface area (Å²) in [5.41, 5.74) is 1.38. The Morgan fingerprint density at radius 3 is 1.75 bits per heavy atom. The zero-order valence-corrected chi connectivity index (χ0v) is 20.8. The van der Waals surface area contributed by atoms with Gasteiger partial charge in [0.1, 0.15) is 0 Å². The molecule has 0 saturated heterocycles. The molecule has 0 radical (unpaired) electrons. The Kier molecular flexibility index (Phi) is 8.59. The van der Waals surface area contributed by atoms with Crippen LogP contribution in [0.3, 0.4) is 0 Å². The first-order chi connectivity index (χ1) is 15.5. The molecule has 0 bridgehead atoms. The second kappa shape index (κ2) is 11.4. The zero-order valence-electron chi connectivity index (χ0n) is 18.3. The van der Waals surface area contributed by atoms with Crippen molar-refractivity contribution in [3.05, 3.63) is 64.1 Å². The van der Waals surface area contributed by atoms with E-state index in [-0.39, 0.29) is 12.2 Å². The van der Waals surface area contributed by atoms with Crippen LogP contribution in [0.1, 0.15) is 75.6 Å². The predicted octanol–water partition coefficient (Wildman–Crippen LogP) is 9.00. The Balaban J connectivity index is 1.74.